The summed E-state index contributed by atoms with van der Waals surface area (Å²) in [5, 5.41) is 0. The highest BCUT2D eigenvalue weighted by molar-refractivity contribution is 5.13. The minimum absolute atomic E-state index is 0.626. The predicted molar refractivity (Wildman–Crippen MR) is 66.5 cm³/mol. The zero-order valence-electron chi connectivity index (χ0n) is 10.4. The van der Waals surface area contributed by atoms with Gasteiger partial charge in [-0.2, -0.15) is 0 Å². The van der Waals surface area contributed by atoms with Gasteiger partial charge < -0.3 is 0 Å². The zero-order valence-corrected chi connectivity index (χ0v) is 10.4. The molecule has 0 aromatic heterocycles. The fraction of sp³-hybridized carbons (Fsp3) is 0.714. The summed E-state index contributed by atoms with van der Waals surface area (Å²) in [7, 11) is 0. The van der Waals surface area contributed by atoms with E-state index in [4.69, 9.17) is 0 Å². The maximum absolute atomic E-state index is 3.85. The standard InChI is InChI=1S/C14H26/c1-6-9-10-13(5)14(8-3)11-12(4)7-2/h7,12H,2,6,8-11H2,1,3-5H3. The molecule has 0 radical (unpaired) electrons. The first-order valence-electron chi connectivity index (χ1n) is 5.95. The van der Waals surface area contributed by atoms with E-state index in [1.807, 2.05) is 0 Å². The molecule has 0 aliphatic carbocycles. The number of hydrogen-bond acceptors (Lipinski definition) is 0. The fourth-order valence-electron chi connectivity index (χ4n) is 1.71. The van der Waals surface area contributed by atoms with E-state index in [1.54, 1.807) is 11.1 Å². The molecule has 0 aromatic rings. The Hall–Kier alpha value is -0.520. The molecule has 0 saturated carbocycles. The Morgan fingerprint density at radius 1 is 1.36 bits per heavy atom. The van der Waals surface area contributed by atoms with Crippen molar-refractivity contribution in [2.75, 3.05) is 0 Å². The van der Waals surface area contributed by atoms with Crippen LogP contribution in [0.1, 0.15) is 59.8 Å². The van der Waals surface area contributed by atoms with E-state index >= 15 is 0 Å². The van der Waals surface area contributed by atoms with Crippen LogP contribution >= 0.6 is 0 Å². The van der Waals surface area contributed by atoms with Crippen LogP contribution in [0.4, 0.5) is 0 Å². The Morgan fingerprint density at radius 2 is 2.00 bits per heavy atom. The maximum Gasteiger partial charge on any atom is -0.0227 e. The molecule has 0 rings (SSSR count). The first-order valence-corrected chi connectivity index (χ1v) is 5.95. The SMILES string of the molecule is C=CC(C)CC(CC)=C(C)CCCC. The van der Waals surface area contributed by atoms with Gasteiger partial charge in [0.25, 0.3) is 0 Å². The molecule has 0 aliphatic heterocycles. The van der Waals surface area contributed by atoms with E-state index in [0.717, 1.165) is 0 Å². The van der Waals surface area contributed by atoms with Crippen molar-refractivity contribution in [2.24, 2.45) is 5.92 Å². The molecule has 0 fully saturated rings. The van der Waals surface area contributed by atoms with Crippen molar-refractivity contribution in [3.05, 3.63) is 23.8 Å². The van der Waals surface area contributed by atoms with Crippen molar-refractivity contribution in [2.45, 2.75) is 59.8 Å². The van der Waals surface area contributed by atoms with E-state index < -0.39 is 0 Å². The van der Waals surface area contributed by atoms with Gasteiger partial charge in [0.15, 0.2) is 0 Å². The van der Waals surface area contributed by atoms with Crippen LogP contribution in [-0.2, 0) is 0 Å². The Kier molecular flexibility index (Phi) is 7.55. The first kappa shape index (κ1) is 13.5. The predicted octanol–water partition coefficient (Wildman–Crippen LogP) is 5.12. The van der Waals surface area contributed by atoms with Crippen LogP contribution in [-0.4, -0.2) is 0 Å². The van der Waals surface area contributed by atoms with Crippen LogP contribution in [0.2, 0.25) is 0 Å². The summed E-state index contributed by atoms with van der Waals surface area (Å²) in [4.78, 5) is 0. The van der Waals surface area contributed by atoms with Crippen LogP contribution < -0.4 is 0 Å². The molecule has 0 nitrogen and oxygen atoms in total. The zero-order chi connectivity index (χ0) is 11.0. The van der Waals surface area contributed by atoms with Gasteiger partial charge in [0.2, 0.25) is 0 Å². The lowest BCUT2D eigenvalue weighted by Crippen LogP contribution is -1.95. The largest absolute Gasteiger partial charge is 0.103 e. The van der Waals surface area contributed by atoms with Gasteiger partial charge in [-0.3, -0.25) is 0 Å². The molecular formula is C14H26. The Balaban J connectivity index is 4.26. The topological polar surface area (TPSA) is 0 Å². The highest BCUT2D eigenvalue weighted by atomic mass is 14.1. The van der Waals surface area contributed by atoms with E-state index in [2.05, 4.69) is 40.3 Å². The number of rotatable bonds is 7. The molecule has 0 heterocycles. The molecule has 0 spiro atoms. The number of unbranched alkanes of at least 4 members (excludes halogenated alkanes) is 1. The van der Waals surface area contributed by atoms with Gasteiger partial charge in [-0.1, -0.05) is 44.4 Å². The Bertz CT molecular complexity index is 186. The van der Waals surface area contributed by atoms with Crippen molar-refractivity contribution < 1.29 is 0 Å². The van der Waals surface area contributed by atoms with Crippen molar-refractivity contribution in [1.82, 2.24) is 0 Å². The van der Waals surface area contributed by atoms with Gasteiger partial charge in [0, 0.05) is 0 Å². The van der Waals surface area contributed by atoms with Gasteiger partial charge in [-0.05, 0) is 38.5 Å². The van der Waals surface area contributed by atoms with Crippen molar-refractivity contribution in [1.29, 1.82) is 0 Å². The van der Waals surface area contributed by atoms with E-state index in [-0.39, 0.29) is 0 Å². The monoisotopic (exact) mass is 194 g/mol. The molecule has 0 saturated heterocycles. The highest BCUT2D eigenvalue weighted by Crippen LogP contribution is 2.22. The van der Waals surface area contributed by atoms with E-state index in [9.17, 15) is 0 Å². The summed E-state index contributed by atoms with van der Waals surface area (Å²) in [5.74, 6) is 0.626. The molecule has 1 atom stereocenters. The van der Waals surface area contributed by atoms with Gasteiger partial charge in [0.05, 0.1) is 0 Å². The van der Waals surface area contributed by atoms with Crippen LogP contribution in [0.5, 0.6) is 0 Å². The normalized spacial score (nSPS) is 14.9. The molecule has 1 unspecified atom stereocenters. The fourth-order valence-corrected chi connectivity index (χ4v) is 1.71. The summed E-state index contributed by atoms with van der Waals surface area (Å²) < 4.78 is 0. The summed E-state index contributed by atoms with van der Waals surface area (Å²) in [5.41, 5.74) is 3.26. The van der Waals surface area contributed by atoms with Gasteiger partial charge in [0.1, 0.15) is 0 Å². The third-order valence-corrected chi connectivity index (χ3v) is 2.91. The summed E-state index contributed by atoms with van der Waals surface area (Å²) in [6.07, 6.45) is 8.37. The molecule has 82 valence electrons. The van der Waals surface area contributed by atoms with Gasteiger partial charge in [-0.15, -0.1) is 6.58 Å². The maximum atomic E-state index is 3.85. The lowest BCUT2D eigenvalue weighted by atomic mass is 9.93. The van der Waals surface area contributed by atoms with Crippen molar-refractivity contribution in [3.63, 3.8) is 0 Å². The number of hydrogen-bond donors (Lipinski definition) is 0. The second-order valence-corrected chi connectivity index (χ2v) is 4.26. The third kappa shape index (κ3) is 5.26. The van der Waals surface area contributed by atoms with E-state index in [0.29, 0.717) is 5.92 Å². The molecule has 14 heavy (non-hydrogen) atoms. The molecule has 0 heteroatoms. The second kappa shape index (κ2) is 7.84. The quantitative estimate of drug-likeness (QED) is 0.494. The highest BCUT2D eigenvalue weighted by Gasteiger charge is 2.04. The molecule has 0 aromatic carbocycles. The van der Waals surface area contributed by atoms with Crippen molar-refractivity contribution >= 4 is 0 Å². The van der Waals surface area contributed by atoms with Crippen molar-refractivity contribution in [3.8, 4) is 0 Å². The molecule has 0 N–H and O–H groups in total. The first-order chi connectivity index (χ1) is 6.65. The van der Waals surface area contributed by atoms with E-state index in [1.165, 1.54) is 32.1 Å². The Labute approximate surface area is 90.1 Å². The lowest BCUT2D eigenvalue weighted by molar-refractivity contribution is 0.679. The second-order valence-electron chi connectivity index (χ2n) is 4.26. The van der Waals surface area contributed by atoms with Crippen LogP contribution in [0, 0.1) is 5.92 Å². The third-order valence-electron chi connectivity index (χ3n) is 2.91. The summed E-state index contributed by atoms with van der Waals surface area (Å²) >= 11 is 0. The molecular weight excluding hydrogens is 168 g/mol. The Morgan fingerprint density at radius 3 is 2.43 bits per heavy atom. The van der Waals surface area contributed by atoms with Crippen LogP contribution in [0.3, 0.4) is 0 Å². The van der Waals surface area contributed by atoms with Crippen LogP contribution in [0.25, 0.3) is 0 Å². The average molecular weight is 194 g/mol. The summed E-state index contributed by atoms with van der Waals surface area (Å²) in [6, 6.07) is 0. The minimum atomic E-state index is 0.626. The smallest absolute Gasteiger partial charge is 0.0227 e. The summed E-state index contributed by atoms with van der Waals surface area (Å²) in [6.45, 7) is 12.9. The molecule has 0 amide bonds. The molecule has 0 bridgehead atoms. The average Bonchev–Trinajstić information content (AvgIpc) is 2.21. The lowest BCUT2D eigenvalue weighted by Gasteiger charge is -2.13. The molecule has 0 aliphatic rings. The number of allylic oxidation sites excluding steroid dienone is 3. The van der Waals surface area contributed by atoms with Gasteiger partial charge in [-0.25, -0.2) is 0 Å². The minimum Gasteiger partial charge on any atom is -0.103 e. The van der Waals surface area contributed by atoms with Gasteiger partial charge >= 0.3 is 0 Å². The van der Waals surface area contributed by atoms with Crippen LogP contribution in [0.15, 0.2) is 23.8 Å².